The van der Waals surface area contributed by atoms with Crippen molar-refractivity contribution in [3.05, 3.63) is 48.3 Å². The number of nitrogens with zero attached hydrogens (tertiary/aromatic N) is 5. The number of rotatable bonds is 3. The average Bonchev–Trinajstić information content (AvgIpc) is 3.07. The number of halogens is 3. The molecular formula is C17H16F3N5O. The number of hydrogen-bond donors (Lipinski definition) is 0. The number of fused-ring (bicyclic) bond motifs is 1. The molecule has 3 heterocycles. The van der Waals surface area contributed by atoms with Gasteiger partial charge in [0, 0.05) is 25.9 Å². The summed E-state index contributed by atoms with van der Waals surface area (Å²) in [6.07, 6.45) is -2.98. The van der Waals surface area contributed by atoms with E-state index in [9.17, 15) is 13.2 Å². The molecule has 1 fully saturated rings. The van der Waals surface area contributed by atoms with Crippen LogP contribution in [0.5, 0.6) is 5.75 Å². The van der Waals surface area contributed by atoms with Gasteiger partial charge < -0.3 is 9.64 Å². The van der Waals surface area contributed by atoms with E-state index in [1.165, 1.54) is 6.07 Å². The summed E-state index contributed by atoms with van der Waals surface area (Å²) in [6.45, 7) is 1.30. The van der Waals surface area contributed by atoms with Gasteiger partial charge in [0.25, 0.3) is 5.82 Å². The fourth-order valence-corrected chi connectivity index (χ4v) is 3.02. The van der Waals surface area contributed by atoms with Gasteiger partial charge in [0.2, 0.25) is 0 Å². The number of anilines is 1. The second kappa shape index (κ2) is 6.47. The van der Waals surface area contributed by atoms with Gasteiger partial charge in [-0.25, -0.2) is 0 Å². The van der Waals surface area contributed by atoms with Gasteiger partial charge in [-0.2, -0.15) is 17.7 Å². The molecule has 0 aliphatic carbocycles. The first kappa shape index (κ1) is 16.6. The number of para-hydroxylation sites is 1. The van der Waals surface area contributed by atoms with Crippen LogP contribution in [0.15, 0.2) is 42.5 Å². The summed E-state index contributed by atoms with van der Waals surface area (Å²) in [4.78, 5) is 1.95. The number of ether oxygens (including phenoxy) is 1. The molecule has 26 heavy (non-hydrogen) atoms. The van der Waals surface area contributed by atoms with Gasteiger partial charge in [-0.3, -0.25) is 0 Å². The Bertz CT molecular complexity index is 888. The van der Waals surface area contributed by atoms with Crippen molar-refractivity contribution in [3.63, 3.8) is 0 Å². The van der Waals surface area contributed by atoms with E-state index in [1.807, 2.05) is 35.2 Å². The van der Waals surface area contributed by atoms with E-state index in [0.29, 0.717) is 18.9 Å². The molecule has 1 aliphatic rings. The molecule has 0 saturated carbocycles. The Morgan fingerprint density at radius 2 is 1.69 bits per heavy atom. The zero-order valence-corrected chi connectivity index (χ0v) is 13.7. The highest BCUT2D eigenvalue weighted by Gasteiger charge is 2.37. The topological polar surface area (TPSA) is 55.5 Å². The van der Waals surface area contributed by atoms with Crippen molar-refractivity contribution in [1.82, 2.24) is 19.8 Å². The van der Waals surface area contributed by atoms with E-state index in [0.717, 1.165) is 23.1 Å². The van der Waals surface area contributed by atoms with Crippen molar-refractivity contribution in [1.29, 1.82) is 0 Å². The van der Waals surface area contributed by atoms with Gasteiger partial charge >= 0.3 is 6.18 Å². The third kappa shape index (κ3) is 3.29. The Kier molecular flexibility index (Phi) is 4.14. The molecule has 0 N–H and O–H groups in total. The maximum absolute atomic E-state index is 13.0. The Morgan fingerprint density at radius 1 is 0.962 bits per heavy atom. The zero-order chi connectivity index (χ0) is 18.1. The van der Waals surface area contributed by atoms with Crippen molar-refractivity contribution in [2.24, 2.45) is 0 Å². The highest BCUT2D eigenvalue weighted by atomic mass is 19.4. The molecule has 0 atom stereocenters. The number of hydrogen-bond acceptors (Lipinski definition) is 5. The lowest BCUT2D eigenvalue weighted by Crippen LogP contribution is -2.39. The highest BCUT2D eigenvalue weighted by molar-refractivity contribution is 5.46. The van der Waals surface area contributed by atoms with Gasteiger partial charge in [-0.15, -0.1) is 15.3 Å². The van der Waals surface area contributed by atoms with Gasteiger partial charge in [-0.05, 0) is 24.3 Å². The lowest BCUT2D eigenvalue weighted by Gasteiger charge is -2.32. The fourth-order valence-electron chi connectivity index (χ4n) is 3.02. The molecule has 3 aromatic rings. The summed E-state index contributed by atoms with van der Waals surface area (Å²) in [6, 6.07) is 12.7. The van der Waals surface area contributed by atoms with Crippen LogP contribution in [-0.2, 0) is 6.18 Å². The lowest BCUT2D eigenvalue weighted by atomic mass is 10.1. The molecule has 0 radical (unpaired) electrons. The van der Waals surface area contributed by atoms with Crippen LogP contribution < -0.4 is 9.64 Å². The Labute approximate surface area is 147 Å². The van der Waals surface area contributed by atoms with E-state index >= 15 is 0 Å². The monoisotopic (exact) mass is 363 g/mol. The lowest BCUT2D eigenvalue weighted by molar-refractivity contribution is -0.146. The van der Waals surface area contributed by atoms with Crippen molar-refractivity contribution < 1.29 is 17.9 Å². The number of alkyl halides is 3. The van der Waals surface area contributed by atoms with Crippen molar-refractivity contribution >= 4 is 11.5 Å². The standard InChI is InChI=1S/C17H16F3N5O/c18-17(19,20)16-22-21-14-6-7-15(23-25(14)16)24-10-8-13(9-11-24)26-12-4-2-1-3-5-12/h1-7,13H,8-11H2. The molecule has 136 valence electrons. The van der Waals surface area contributed by atoms with Gasteiger partial charge in [-0.1, -0.05) is 18.2 Å². The normalized spacial score (nSPS) is 16.2. The van der Waals surface area contributed by atoms with Crippen LogP contribution in [0.2, 0.25) is 0 Å². The molecule has 9 heteroatoms. The Balaban J connectivity index is 1.47. The molecule has 0 spiro atoms. The fraction of sp³-hybridized carbons (Fsp3) is 0.353. The summed E-state index contributed by atoms with van der Waals surface area (Å²) >= 11 is 0. The van der Waals surface area contributed by atoms with Crippen LogP contribution in [0.1, 0.15) is 18.7 Å². The van der Waals surface area contributed by atoms with E-state index in [-0.39, 0.29) is 11.8 Å². The quantitative estimate of drug-likeness (QED) is 0.715. The largest absolute Gasteiger partial charge is 0.490 e. The second-order valence-electron chi connectivity index (χ2n) is 6.10. The maximum atomic E-state index is 13.0. The highest BCUT2D eigenvalue weighted by Crippen LogP contribution is 2.28. The van der Waals surface area contributed by atoms with Crippen LogP contribution in [0.3, 0.4) is 0 Å². The van der Waals surface area contributed by atoms with Gasteiger partial charge in [0.05, 0.1) is 0 Å². The van der Waals surface area contributed by atoms with E-state index in [2.05, 4.69) is 15.3 Å². The third-order valence-corrected chi connectivity index (χ3v) is 4.31. The summed E-state index contributed by atoms with van der Waals surface area (Å²) in [5.74, 6) is 0.183. The summed E-state index contributed by atoms with van der Waals surface area (Å²) in [5.41, 5.74) is 0.0726. The van der Waals surface area contributed by atoms with Crippen LogP contribution in [-0.4, -0.2) is 39.0 Å². The molecule has 1 saturated heterocycles. The molecule has 1 aromatic carbocycles. The predicted octanol–water partition coefficient (Wildman–Crippen LogP) is 3.19. The smallest absolute Gasteiger partial charge is 0.453 e. The number of benzene rings is 1. The molecule has 6 nitrogen and oxygen atoms in total. The summed E-state index contributed by atoms with van der Waals surface area (Å²) in [5, 5.41) is 10.8. The van der Waals surface area contributed by atoms with Crippen molar-refractivity contribution in [3.8, 4) is 5.75 Å². The van der Waals surface area contributed by atoms with E-state index in [1.54, 1.807) is 6.07 Å². The molecular weight excluding hydrogens is 347 g/mol. The first-order valence-corrected chi connectivity index (χ1v) is 8.27. The van der Waals surface area contributed by atoms with E-state index in [4.69, 9.17) is 4.74 Å². The predicted molar refractivity (Wildman–Crippen MR) is 88.1 cm³/mol. The minimum absolute atomic E-state index is 0.0726. The van der Waals surface area contributed by atoms with Gasteiger partial charge in [0.15, 0.2) is 5.65 Å². The number of aromatic nitrogens is 4. The molecule has 4 rings (SSSR count). The summed E-state index contributed by atoms with van der Waals surface area (Å²) < 4.78 is 45.7. The first-order valence-electron chi connectivity index (χ1n) is 8.27. The minimum atomic E-state index is -4.60. The second-order valence-corrected chi connectivity index (χ2v) is 6.10. The van der Waals surface area contributed by atoms with Crippen molar-refractivity contribution in [2.45, 2.75) is 25.1 Å². The SMILES string of the molecule is FC(F)(F)c1nnc2ccc(N3CCC(Oc4ccccc4)CC3)nn12. The number of piperidine rings is 1. The van der Waals surface area contributed by atoms with Crippen LogP contribution in [0, 0.1) is 0 Å². The summed E-state index contributed by atoms with van der Waals surface area (Å²) in [7, 11) is 0. The molecule has 0 unspecified atom stereocenters. The maximum Gasteiger partial charge on any atom is 0.453 e. The van der Waals surface area contributed by atoms with E-state index < -0.39 is 12.0 Å². The minimum Gasteiger partial charge on any atom is -0.490 e. The molecule has 2 aromatic heterocycles. The molecule has 0 amide bonds. The van der Waals surface area contributed by atoms with Crippen LogP contribution in [0.4, 0.5) is 19.0 Å². The van der Waals surface area contributed by atoms with Crippen molar-refractivity contribution in [2.75, 3.05) is 18.0 Å². The average molecular weight is 363 g/mol. The Morgan fingerprint density at radius 3 is 2.38 bits per heavy atom. The molecule has 0 bridgehead atoms. The van der Waals surface area contributed by atoms with Crippen LogP contribution >= 0.6 is 0 Å². The Hall–Kier alpha value is -2.84. The molecule has 1 aliphatic heterocycles. The third-order valence-electron chi connectivity index (χ3n) is 4.31. The first-order chi connectivity index (χ1) is 12.5. The van der Waals surface area contributed by atoms with Crippen LogP contribution in [0.25, 0.3) is 5.65 Å². The van der Waals surface area contributed by atoms with Gasteiger partial charge in [0.1, 0.15) is 17.7 Å². The zero-order valence-electron chi connectivity index (χ0n) is 13.7.